The highest BCUT2D eigenvalue weighted by molar-refractivity contribution is 6.21. The lowest BCUT2D eigenvalue weighted by Crippen LogP contribution is -2.35. The Kier molecular flexibility index (Phi) is 8.18. The number of fused-ring (bicyclic) bond motifs is 7. The van der Waals surface area contributed by atoms with E-state index in [1.165, 1.54) is 60.3 Å². The molecule has 3 nitrogen and oxygen atoms in total. The average molecular weight is 706 g/mol. The first-order valence-corrected chi connectivity index (χ1v) is 19.0. The van der Waals surface area contributed by atoms with Gasteiger partial charge in [-0.25, -0.2) is 0 Å². The van der Waals surface area contributed by atoms with Crippen LogP contribution in [-0.2, 0) is 5.41 Å². The Hall–Kier alpha value is -6.65. The van der Waals surface area contributed by atoms with Gasteiger partial charge in [-0.3, -0.25) is 10.3 Å². The fraction of sp³-hybridized carbons (Fsp3) is 0.0577. The smallest absolute Gasteiger partial charge is 0.127 e. The van der Waals surface area contributed by atoms with Crippen molar-refractivity contribution in [1.82, 2.24) is 5.32 Å². The van der Waals surface area contributed by atoms with E-state index in [2.05, 4.69) is 194 Å². The molecule has 10 rings (SSSR count). The average Bonchev–Trinajstić information content (AvgIpc) is 3.57. The molecule has 2 atom stereocenters. The Labute approximate surface area is 321 Å². The third-order valence-corrected chi connectivity index (χ3v) is 11.4. The van der Waals surface area contributed by atoms with E-state index in [0.29, 0.717) is 0 Å². The second-order valence-electron chi connectivity index (χ2n) is 14.4. The van der Waals surface area contributed by atoms with Crippen LogP contribution in [0.25, 0.3) is 43.4 Å². The molecule has 0 bridgehead atoms. The summed E-state index contributed by atoms with van der Waals surface area (Å²) in [6, 6.07) is 71.7. The Bertz CT molecular complexity index is 2820. The first kappa shape index (κ1) is 33.0. The van der Waals surface area contributed by atoms with Crippen LogP contribution >= 0.6 is 0 Å². The number of hydrogen-bond acceptors (Lipinski definition) is 3. The number of benzene rings is 9. The summed E-state index contributed by atoms with van der Waals surface area (Å²) in [4.78, 5) is 5.61. The molecule has 0 aromatic heterocycles. The van der Waals surface area contributed by atoms with Crippen molar-refractivity contribution < 1.29 is 0 Å². The highest BCUT2D eigenvalue weighted by atomic mass is 15.1. The van der Waals surface area contributed by atoms with Crippen molar-refractivity contribution in [3.05, 3.63) is 239 Å². The monoisotopic (exact) mass is 705 g/mol. The Morgan fingerprint density at radius 1 is 0.509 bits per heavy atom. The Balaban J connectivity index is 1.26. The number of aliphatic imine (C=N–C) groups is 1. The van der Waals surface area contributed by atoms with Crippen molar-refractivity contribution in [2.45, 2.75) is 17.7 Å². The van der Waals surface area contributed by atoms with Gasteiger partial charge in [0.05, 0.1) is 11.6 Å². The van der Waals surface area contributed by atoms with E-state index in [-0.39, 0.29) is 0 Å². The lowest BCUT2D eigenvalue weighted by Gasteiger charge is -2.36. The lowest BCUT2D eigenvalue weighted by molar-refractivity contribution is 0.463. The predicted molar refractivity (Wildman–Crippen MR) is 230 cm³/mol. The van der Waals surface area contributed by atoms with E-state index in [1.807, 2.05) is 18.2 Å². The largest absolute Gasteiger partial charge is 0.312 e. The third kappa shape index (κ3) is 5.40. The van der Waals surface area contributed by atoms with Gasteiger partial charge in [-0.15, -0.1) is 0 Å². The van der Waals surface area contributed by atoms with Crippen LogP contribution in [0.5, 0.6) is 0 Å². The van der Waals surface area contributed by atoms with E-state index in [4.69, 9.17) is 10.7 Å². The topological polar surface area (TPSA) is 50.4 Å². The predicted octanol–water partition coefficient (Wildman–Crippen LogP) is 11.9. The summed E-state index contributed by atoms with van der Waals surface area (Å²) < 4.78 is 0. The van der Waals surface area contributed by atoms with Gasteiger partial charge in [-0.05, 0) is 82.9 Å². The van der Waals surface area contributed by atoms with Crippen molar-refractivity contribution in [2.75, 3.05) is 0 Å². The number of nitrogens with zero attached hydrogens (tertiary/aromatic N) is 1. The third-order valence-electron chi connectivity index (χ3n) is 11.4. The van der Waals surface area contributed by atoms with Crippen LogP contribution in [0, 0.1) is 0 Å². The fourth-order valence-electron chi connectivity index (χ4n) is 9.07. The quantitative estimate of drug-likeness (QED) is 0.0716. The first-order valence-electron chi connectivity index (χ1n) is 19.0. The molecular weight excluding hydrogens is 667 g/mol. The normalized spacial score (nSPS) is 14.3. The molecule has 55 heavy (non-hydrogen) atoms. The molecular formula is C52H39N3. The van der Waals surface area contributed by atoms with Gasteiger partial charge < -0.3 is 5.73 Å². The molecule has 0 spiro atoms. The first-order chi connectivity index (χ1) is 27.2. The summed E-state index contributed by atoms with van der Waals surface area (Å²) in [6.07, 6.45) is 1.12. The molecule has 0 amide bonds. The molecule has 1 aliphatic rings. The van der Waals surface area contributed by atoms with Gasteiger partial charge in [0, 0.05) is 11.8 Å². The van der Waals surface area contributed by atoms with Gasteiger partial charge in [-0.2, -0.15) is 0 Å². The van der Waals surface area contributed by atoms with Gasteiger partial charge in [-0.1, -0.05) is 194 Å². The van der Waals surface area contributed by atoms with E-state index in [9.17, 15) is 0 Å². The SMILES string of the molecule is NC(NC(/N=C/c1c2ccccc2cc2ccc3ccccc3c12)c1cccc2c1C(c1ccccc1)(c1ccccc1)c1ccccc1-2)c1ccccc1. The zero-order chi connectivity index (χ0) is 36.8. The molecule has 0 saturated carbocycles. The van der Waals surface area contributed by atoms with Gasteiger partial charge in [0.1, 0.15) is 6.17 Å². The van der Waals surface area contributed by atoms with Gasteiger partial charge >= 0.3 is 0 Å². The van der Waals surface area contributed by atoms with Crippen LogP contribution in [0.2, 0.25) is 0 Å². The summed E-state index contributed by atoms with van der Waals surface area (Å²) in [7, 11) is 0. The number of rotatable bonds is 8. The summed E-state index contributed by atoms with van der Waals surface area (Å²) in [5.74, 6) is 0. The molecule has 1 aliphatic carbocycles. The molecule has 3 heteroatoms. The van der Waals surface area contributed by atoms with Crippen molar-refractivity contribution in [1.29, 1.82) is 0 Å². The minimum atomic E-state index is -0.598. The van der Waals surface area contributed by atoms with Gasteiger partial charge in [0.15, 0.2) is 0 Å². The number of nitrogens with one attached hydrogen (secondary N) is 1. The molecule has 0 heterocycles. The summed E-state index contributed by atoms with van der Waals surface area (Å²) in [5.41, 5.74) is 17.0. The van der Waals surface area contributed by atoms with Crippen LogP contribution in [0.15, 0.2) is 205 Å². The fourth-order valence-corrected chi connectivity index (χ4v) is 9.07. The van der Waals surface area contributed by atoms with Crippen LogP contribution in [0.1, 0.15) is 51.3 Å². The van der Waals surface area contributed by atoms with E-state index < -0.39 is 17.7 Å². The van der Waals surface area contributed by atoms with Crippen LogP contribution < -0.4 is 11.1 Å². The van der Waals surface area contributed by atoms with E-state index in [1.54, 1.807) is 0 Å². The lowest BCUT2D eigenvalue weighted by atomic mass is 9.66. The van der Waals surface area contributed by atoms with Crippen molar-refractivity contribution in [3.8, 4) is 11.1 Å². The van der Waals surface area contributed by atoms with Crippen molar-refractivity contribution >= 4 is 38.5 Å². The van der Waals surface area contributed by atoms with Crippen molar-refractivity contribution in [2.24, 2.45) is 10.7 Å². The molecule has 0 radical (unpaired) electrons. The molecule has 9 aromatic rings. The minimum absolute atomic E-state index is 0.476. The molecule has 2 unspecified atom stereocenters. The van der Waals surface area contributed by atoms with Crippen molar-refractivity contribution in [3.63, 3.8) is 0 Å². The van der Waals surface area contributed by atoms with Crippen LogP contribution in [0.3, 0.4) is 0 Å². The number of nitrogens with two attached hydrogens (primary N) is 1. The maximum absolute atomic E-state index is 7.09. The molecule has 9 aromatic carbocycles. The van der Waals surface area contributed by atoms with E-state index in [0.717, 1.165) is 22.1 Å². The highest BCUT2D eigenvalue weighted by Crippen LogP contribution is 2.58. The summed E-state index contributed by atoms with van der Waals surface area (Å²) in [6.45, 7) is 0. The standard InChI is InChI=1S/C52H39N3/c53-50(36-18-4-1-5-19-36)55-51(54-34-46-41-25-12-11-20-37(41)33-38-32-31-35-17-10-13-26-42(35)48(38)46)45-29-16-28-44-43-27-14-15-30-47(43)52(49(44)45,39-21-6-2-7-22-39)40-23-8-3-9-24-40/h1-34,50-51,55H,53H2/b54-34+. The Morgan fingerprint density at radius 2 is 1.09 bits per heavy atom. The van der Waals surface area contributed by atoms with Crippen LogP contribution in [-0.4, -0.2) is 6.21 Å². The van der Waals surface area contributed by atoms with E-state index >= 15 is 0 Å². The highest BCUT2D eigenvalue weighted by Gasteiger charge is 2.48. The molecule has 0 saturated heterocycles. The molecule has 3 N–H and O–H groups in total. The van der Waals surface area contributed by atoms with Gasteiger partial charge in [0.2, 0.25) is 0 Å². The second-order valence-corrected chi connectivity index (χ2v) is 14.4. The Morgan fingerprint density at radius 3 is 1.84 bits per heavy atom. The summed E-state index contributed by atoms with van der Waals surface area (Å²) in [5, 5.41) is 11.0. The minimum Gasteiger partial charge on any atom is -0.312 e. The second kappa shape index (κ2) is 13.6. The summed E-state index contributed by atoms with van der Waals surface area (Å²) >= 11 is 0. The van der Waals surface area contributed by atoms with Crippen LogP contribution in [0.4, 0.5) is 0 Å². The number of hydrogen-bond donors (Lipinski definition) is 2. The maximum Gasteiger partial charge on any atom is 0.127 e. The zero-order valence-corrected chi connectivity index (χ0v) is 30.3. The molecule has 262 valence electrons. The van der Waals surface area contributed by atoms with Gasteiger partial charge in [0.25, 0.3) is 0 Å². The molecule has 0 fully saturated rings. The zero-order valence-electron chi connectivity index (χ0n) is 30.3. The maximum atomic E-state index is 7.09. The molecule has 0 aliphatic heterocycles.